The molecule has 1 aromatic heterocycles. The average Bonchev–Trinajstić information content (AvgIpc) is 3.38. The lowest BCUT2D eigenvalue weighted by Crippen LogP contribution is -2.52. The highest BCUT2D eigenvalue weighted by atomic mass is 16.3. The Bertz CT molecular complexity index is 874. The van der Waals surface area contributed by atoms with Crippen LogP contribution in [0.15, 0.2) is 6.20 Å². The molecule has 0 bridgehead atoms. The van der Waals surface area contributed by atoms with Crippen LogP contribution in [-0.4, -0.2) is 74.0 Å². The van der Waals surface area contributed by atoms with Crippen LogP contribution in [0.1, 0.15) is 76.9 Å². The third-order valence-corrected chi connectivity index (χ3v) is 6.59. The first kappa shape index (κ1) is 22.7. The zero-order valence-electron chi connectivity index (χ0n) is 19.1. The first-order chi connectivity index (χ1) is 15.1. The van der Waals surface area contributed by atoms with Crippen molar-refractivity contribution in [3.8, 4) is 0 Å². The van der Waals surface area contributed by atoms with Gasteiger partial charge in [-0.15, -0.1) is 5.10 Å². The summed E-state index contributed by atoms with van der Waals surface area (Å²) in [5, 5.41) is 24.7. The highest BCUT2D eigenvalue weighted by Crippen LogP contribution is 2.40. The van der Waals surface area contributed by atoms with Gasteiger partial charge in [0.2, 0.25) is 17.7 Å². The number of nitrogens with zero attached hydrogens (tertiary/aromatic N) is 4. The van der Waals surface area contributed by atoms with Crippen LogP contribution in [0, 0.1) is 5.41 Å². The third kappa shape index (κ3) is 4.95. The van der Waals surface area contributed by atoms with Crippen molar-refractivity contribution in [2.45, 2.75) is 89.4 Å². The van der Waals surface area contributed by atoms with E-state index in [1.165, 1.54) is 4.90 Å². The van der Waals surface area contributed by atoms with E-state index in [0.29, 0.717) is 31.7 Å². The second-order valence-corrected chi connectivity index (χ2v) is 10.4. The maximum atomic E-state index is 13.7. The van der Waals surface area contributed by atoms with E-state index in [2.05, 4.69) is 20.9 Å². The van der Waals surface area contributed by atoms with Crippen molar-refractivity contribution in [3.05, 3.63) is 11.9 Å². The molecule has 1 aromatic rings. The van der Waals surface area contributed by atoms with Crippen LogP contribution in [0.25, 0.3) is 0 Å². The van der Waals surface area contributed by atoms with Gasteiger partial charge in [-0.1, -0.05) is 26.0 Å². The Balaban J connectivity index is 1.51. The molecule has 0 radical (unpaired) electrons. The third-order valence-electron chi connectivity index (χ3n) is 6.59. The number of hydrogen-bond donors (Lipinski definition) is 3. The molecule has 4 atom stereocenters. The smallest absolute Gasteiger partial charge is 0.248 e. The maximum Gasteiger partial charge on any atom is 0.248 e. The highest BCUT2D eigenvalue weighted by Gasteiger charge is 2.45. The average molecular weight is 447 g/mol. The molecule has 2 saturated heterocycles. The fraction of sp³-hybridized carbons (Fsp3) is 0.773. The number of amides is 3. The first-order valence-corrected chi connectivity index (χ1v) is 11.6. The number of aliphatic hydroxyl groups excluding tert-OH is 1. The lowest BCUT2D eigenvalue weighted by molar-refractivity contribution is -0.144. The fourth-order valence-corrected chi connectivity index (χ4v) is 4.69. The van der Waals surface area contributed by atoms with Crippen molar-refractivity contribution < 1.29 is 19.5 Å². The molecule has 0 aromatic carbocycles. The zero-order valence-corrected chi connectivity index (χ0v) is 19.1. The Hall–Kier alpha value is -2.49. The monoisotopic (exact) mass is 446 g/mol. The van der Waals surface area contributed by atoms with Gasteiger partial charge in [-0.25, -0.2) is 4.68 Å². The van der Waals surface area contributed by atoms with Gasteiger partial charge in [-0.3, -0.25) is 14.4 Å². The molecule has 3 N–H and O–H groups in total. The Morgan fingerprint density at radius 1 is 1.25 bits per heavy atom. The van der Waals surface area contributed by atoms with E-state index in [1.807, 2.05) is 27.0 Å². The lowest BCUT2D eigenvalue weighted by Gasteiger charge is -2.35. The summed E-state index contributed by atoms with van der Waals surface area (Å²) >= 11 is 0. The molecular weight excluding hydrogens is 412 g/mol. The largest absolute Gasteiger partial charge is 0.391 e. The van der Waals surface area contributed by atoms with Crippen molar-refractivity contribution in [2.24, 2.45) is 5.41 Å². The Morgan fingerprint density at radius 2 is 2.00 bits per heavy atom. The minimum Gasteiger partial charge on any atom is -0.391 e. The van der Waals surface area contributed by atoms with Crippen molar-refractivity contribution in [2.75, 3.05) is 13.1 Å². The second-order valence-electron chi connectivity index (χ2n) is 10.4. The maximum absolute atomic E-state index is 13.7. The summed E-state index contributed by atoms with van der Waals surface area (Å²) in [6, 6.07) is -1.52. The number of carbonyl (C=O) groups is 3. The van der Waals surface area contributed by atoms with Crippen LogP contribution in [-0.2, 0) is 14.4 Å². The van der Waals surface area contributed by atoms with Crippen LogP contribution in [0.3, 0.4) is 0 Å². The van der Waals surface area contributed by atoms with Crippen LogP contribution < -0.4 is 10.6 Å². The zero-order chi connectivity index (χ0) is 23.0. The molecule has 0 spiro atoms. The van der Waals surface area contributed by atoms with E-state index in [4.69, 9.17) is 0 Å². The summed E-state index contributed by atoms with van der Waals surface area (Å²) in [6.07, 6.45) is 5.05. The van der Waals surface area contributed by atoms with Gasteiger partial charge in [0.05, 0.1) is 11.8 Å². The molecule has 3 aliphatic rings. The second kappa shape index (κ2) is 8.80. The van der Waals surface area contributed by atoms with E-state index in [0.717, 1.165) is 18.5 Å². The van der Waals surface area contributed by atoms with Crippen LogP contribution in [0.4, 0.5) is 0 Å². The van der Waals surface area contributed by atoms with Crippen LogP contribution in [0.2, 0.25) is 0 Å². The molecule has 10 nitrogen and oxygen atoms in total. The molecular formula is C22H34N6O4. The van der Waals surface area contributed by atoms with Crippen molar-refractivity contribution in [1.29, 1.82) is 0 Å². The number of nitrogens with one attached hydrogen (secondary N) is 2. The number of hydrogen-bond acceptors (Lipinski definition) is 6. The minimum absolute atomic E-state index is 0.0127. The van der Waals surface area contributed by atoms with Crippen molar-refractivity contribution in [3.63, 3.8) is 0 Å². The SMILES string of the molecule is CC(C)(C)[C@@H](C(=O)N1CC(O)CC1C(=O)NC1CCNC(=O)CC1)n1cc(C2CC2)nn1. The van der Waals surface area contributed by atoms with Crippen LogP contribution >= 0.6 is 0 Å². The van der Waals surface area contributed by atoms with E-state index in [1.54, 1.807) is 4.68 Å². The number of aliphatic hydroxyl groups is 1. The van der Waals surface area contributed by atoms with Gasteiger partial charge in [-0.05, 0) is 31.1 Å². The number of likely N-dealkylation sites (tertiary alicyclic amines) is 1. The molecule has 1 aliphatic carbocycles. The number of β-amino-alcohol motifs (C(OH)–C–C–N with tert-alkyl or cyclic N) is 1. The molecule has 176 valence electrons. The molecule has 10 heteroatoms. The molecule has 4 rings (SSSR count). The predicted molar refractivity (Wildman–Crippen MR) is 115 cm³/mol. The van der Waals surface area contributed by atoms with Gasteiger partial charge >= 0.3 is 0 Å². The molecule has 3 fully saturated rings. The van der Waals surface area contributed by atoms with Crippen LogP contribution in [0.5, 0.6) is 0 Å². The van der Waals surface area contributed by atoms with E-state index in [9.17, 15) is 19.5 Å². The molecule has 3 heterocycles. The molecule has 32 heavy (non-hydrogen) atoms. The van der Waals surface area contributed by atoms with Crippen molar-refractivity contribution in [1.82, 2.24) is 30.5 Å². The topological polar surface area (TPSA) is 129 Å². The summed E-state index contributed by atoms with van der Waals surface area (Å²) in [7, 11) is 0. The van der Waals surface area contributed by atoms with Gasteiger partial charge in [0.1, 0.15) is 12.1 Å². The predicted octanol–water partition coefficient (Wildman–Crippen LogP) is 0.489. The Labute approximate surface area is 188 Å². The van der Waals surface area contributed by atoms with Gasteiger partial charge in [-0.2, -0.15) is 0 Å². The summed E-state index contributed by atoms with van der Waals surface area (Å²) in [5.41, 5.74) is 0.437. The summed E-state index contributed by atoms with van der Waals surface area (Å²) in [5.74, 6) is -0.105. The van der Waals surface area contributed by atoms with Gasteiger partial charge in [0.15, 0.2) is 0 Å². The van der Waals surface area contributed by atoms with Crippen molar-refractivity contribution >= 4 is 17.7 Å². The number of rotatable bonds is 5. The minimum atomic E-state index is -0.759. The normalized spacial score (nSPS) is 27.6. The standard InChI is InChI=1S/C22H34N6O4/c1-22(2,3)19(28-12-16(25-26-28)13-4-5-13)21(32)27-11-15(29)10-17(27)20(31)24-14-6-7-18(30)23-9-8-14/h12-15,17,19,29H,4-11H2,1-3H3,(H,23,30)(H,24,31)/t14?,15?,17?,19-/m1/s1. The molecule has 3 unspecified atom stereocenters. The molecule has 3 amide bonds. The highest BCUT2D eigenvalue weighted by molar-refractivity contribution is 5.90. The summed E-state index contributed by atoms with van der Waals surface area (Å²) in [6.45, 7) is 6.52. The van der Waals surface area contributed by atoms with Gasteiger partial charge < -0.3 is 20.6 Å². The van der Waals surface area contributed by atoms with E-state index >= 15 is 0 Å². The first-order valence-electron chi connectivity index (χ1n) is 11.6. The Morgan fingerprint density at radius 3 is 2.69 bits per heavy atom. The van der Waals surface area contributed by atoms with Gasteiger partial charge in [0, 0.05) is 44.1 Å². The van der Waals surface area contributed by atoms with E-state index < -0.39 is 23.6 Å². The summed E-state index contributed by atoms with van der Waals surface area (Å²) in [4.78, 5) is 39.9. The quantitative estimate of drug-likeness (QED) is 0.604. The lowest BCUT2D eigenvalue weighted by atomic mass is 9.85. The molecule has 2 aliphatic heterocycles. The Kier molecular flexibility index (Phi) is 6.24. The number of aromatic nitrogens is 3. The van der Waals surface area contributed by atoms with Gasteiger partial charge in [0.25, 0.3) is 0 Å². The molecule has 1 saturated carbocycles. The summed E-state index contributed by atoms with van der Waals surface area (Å²) < 4.78 is 1.62. The number of carbonyl (C=O) groups excluding carboxylic acids is 3. The van der Waals surface area contributed by atoms with E-state index in [-0.39, 0.29) is 36.7 Å². The fourth-order valence-electron chi connectivity index (χ4n) is 4.69.